The molecule has 0 saturated carbocycles. The highest BCUT2D eigenvalue weighted by molar-refractivity contribution is 5.97. The molecule has 2 aromatic rings. The summed E-state index contributed by atoms with van der Waals surface area (Å²) in [6, 6.07) is 4.86. The van der Waals surface area contributed by atoms with Gasteiger partial charge in [-0.3, -0.25) is 14.2 Å². The van der Waals surface area contributed by atoms with Gasteiger partial charge in [-0.05, 0) is 31.0 Å². The van der Waals surface area contributed by atoms with Crippen LogP contribution in [0.1, 0.15) is 23.2 Å². The number of benzene rings is 1. The summed E-state index contributed by atoms with van der Waals surface area (Å²) in [7, 11) is 0. The Morgan fingerprint density at radius 1 is 1.29 bits per heavy atom. The Morgan fingerprint density at radius 3 is 2.75 bits per heavy atom. The van der Waals surface area contributed by atoms with Crippen LogP contribution in [-0.2, 0) is 11.3 Å². The van der Waals surface area contributed by atoms with E-state index in [0.717, 1.165) is 25.9 Å². The molecule has 1 aliphatic rings. The van der Waals surface area contributed by atoms with E-state index in [-0.39, 0.29) is 18.4 Å². The van der Waals surface area contributed by atoms with Crippen LogP contribution in [-0.4, -0.2) is 40.9 Å². The summed E-state index contributed by atoms with van der Waals surface area (Å²) in [5.41, 5.74) is 1.29. The molecule has 1 aromatic heterocycles. The molecule has 126 valence electrons. The van der Waals surface area contributed by atoms with Crippen LogP contribution < -0.4 is 11.1 Å². The van der Waals surface area contributed by atoms with E-state index in [1.165, 1.54) is 4.57 Å². The lowest BCUT2D eigenvalue weighted by Gasteiger charge is -2.15. The van der Waals surface area contributed by atoms with Crippen molar-refractivity contribution in [1.82, 2.24) is 14.8 Å². The highest BCUT2D eigenvalue weighted by Gasteiger charge is 2.21. The number of fused-ring (bicyclic) bond motifs is 1. The van der Waals surface area contributed by atoms with Gasteiger partial charge in [0.05, 0.1) is 5.52 Å². The number of likely N-dealkylation sites (tertiary alicyclic amines) is 1. The maximum absolute atomic E-state index is 12.5. The number of oxazole rings is 1. The second-order valence-electron chi connectivity index (χ2n) is 5.73. The third-order valence-corrected chi connectivity index (χ3v) is 4.05. The summed E-state index contributed by atoms with van der Waals surface area (Å²) in [5.74, 6) is -1.01. The molecule has 0 radical (unpaired) electrons. The first-order chi connectivity index (χ1) is 11.6. The predicted octanol–water partition coefficient (Wildman–Crippen LogP) is 1.13. The molecular weight excluding hydrogens is 310 g/mol. The van der Waals surface area contributed by atoms with Gasteiger partial charge in [0.2, 0.25) is 5.91 Å². The zero-order chi connectivity index (χ0) is 17.1. The summed E-state index contributed by atoms with van der Waals surface area (Å²) in [5, 5.41) is 2.61. The summed E-state index contributed by atoms with van der Waals surface area (Å²) in [6.07, 6.45) is 3.57. The smallest absolute Gasteiger partial charge is 0.408 e. The van der Waals surface area contributed by atoms with Crippen LogP contribution in [0.4, 0.5) is 0 Å². The number of hydrogen-bond donors (Lipinski definition) is 1. The fourth-order valence-corrected chi connectivity index (χ4v) is 2.83. The number of amides is 2. The van der Waals surface area contributed by atoms with Gasteiger partial charge in [-0.2, -0.15) is 0 Å². The van der Waals surface area contributed by atoms with Crippen LogP contribution in [0.5, 0.6) is 0 Å². The second kappa shape index (κ2) is 6.74. The molecule has 24 heavy (non-hydrogen) atoms. The summed E-state index contributed by atoms with van der Waals surface area (Å²) < 4.78 is 6.38. The third kappa shape index (κ3) is 3.10. The van der Waals surface area contributed by atoms with E-state index in [0.29, 0.717) is 23.2 Å². The van der Waals surface area contributed by atoms with Gasteiger partial charge in [0.1, 0.15) is 6.54 Å². The number of nitrogens with one attached hydrogen (secondary N) is 1. The third-order valence-electron chi connectivity index (χ3n) is 4.05. The maximum Gasteiger partial charge on any atom is 0.420 e. The SMILES string of the molecule is C=CCNC(=O)Cn1c(=O)oc2ccc(C(=O)N3CCCC3)cc21. The first kappa shape index (κ1) is 16.0. The van der Waals surface area contributed by atoms with Crippen molar-refractivity contribution in [2.45, 2.75) is 19.4 Å². The van der Waals surface area contributed by atoms with Gasteiger partial charge in [-0.1, -0.05) is 6.08 Å². The predicted molar refractivity (Wildman–Crippen MR) is 88.8 cm³/mol. The zero-order valence-electron chi connectivity index (χ0n) is 13.3. The molecule has 7 heteroatoms. The van der Waals surface area contributed by atoms with Crippen LogP contribution in [0.3, 0.4) is 0 Å². The van der Waals surface area contributed by atoms with E-state index < -0.39 is 5.76 Å². The van der Waals surface area contributed by atoms with Gasteiger partial charge in [0.15, 0.2) is 5.58 Å². The number of aromatic nitrogens is 1. The molecule has 0 aliphatic carbocycles. The van der Waals surface area contributed by atoms with E-state index in [4.69, 9.17) is 4.42 Å². The summed E-state index contributed by atoms with van der Waals surface area (Å²) >= 11 is 0. The van der Waals surface area contributed by atoms with Crippen molar-refractivity contribution < 1.29 is 14.0 Å². The number of hydrogen-bond acceptors (Lipinski definition) is 4. The van der Waals surface area contributed by atoms with Crippen molar-refractivity contribution in [3.8, 4) is 0 Å². The maximum atomic E-state index is 12.5. The number of carbonyl (C=O) groups excluding carboxylic acids is 2. The van der Waals surface area contributed by atoms with Crippen molar-refractivity contribution in [3.05, 3.63) is 47.0 Å². The van der Waals surface area contributed by atoms with Crippen molar-refractivity contribution in [2.24, 2.45) is 0 Å². The first-order valence-electron chi connectivity index (χ1n) is 7.90. The molecule has 0 atom stereocenters. The Kier molecular flexibility index (Phi) is 4.50. The zero-order valence-corrected chi connectivity index (χ0v) is 13.3. The molecule has 1 fully saturated rings. The minimum Gasteiger partial charge on any atom is -0.408 e. The Bertz CT molecular complexity index is 843. The number of carbonyl (C=O) groups is 2. The molecule has 0 bridgehead atoms. The summed E-state index contributed by atoms with van der Waals surface area (Å²) in [6.45, 7) is 5.18. The highest BCUT2D eigenvalue weighted by Crippen LogP contribution is 2.18. The van der Waals surface area contributed by atoms with Gasteiger partial charge in [-0.15, -0.1) is 6.58 Å². The Hall–Kier alpha value is -2.83. The molecule has 7 nitrogen and oxygen atoms in total. The van der Waals surface area contributed by atoms with Crippen molar-refractivity contribution in [1.29, 1.82) is 0 Å². The molecular formula is C17H19N3O4. The van der Waals surface area contributed by atoms with Gasteiger partial charge in [-0.25, -0.2) is 4.79 Å². The lowest BCUT2D eigenvalue weighted by Crippen LogP contribution is -2.31. The quantitative estimate of drug-likeness (QED) is 0.834. The standard InChI is InChI=1S/C17H19N3O4/c1-2-7-18-15(21)11-20-13-10-12(5-6-14(13)24-17(20)23)16(22)19-8-3-4-9-19/h2,5-6,10H,1,3-4,7-9,11H2,(H,18,21). The molecule has 2 heterocycles. The molecule has 1 N–H and O–H groups in total. The topological polar surface area (TPSA) is 84.5 Å². The second-order valence-corrected chi connectivity index (χ2v) is 5.73. The lowest BCUT2D eigenvalue weighted by atomic mass is 10.2. The minimum absolute atomic E-state index is 0.0642. The van der Waals surface area contributed by atoms with Crippen molar-refractivity contribution in [2.75, 3.05) is 19.6 Å². The molecule has 0 spiro atoms. The van der Waals surface area contributed by atoms with E-state index in [1.54, 1.807) is 29.2 Å². The van der Waals surface area contributed by atoms with Gasteiger partial charge in [0.25, 0.3) is 5.91 Å². The van der Waals surface area contributed by atoms with Crippen molar-refractivity contribution >= 4 is 22.9 Å². The molecule has 3 rings (SSSR count). The van der Waals surface area contributed by atoms with Crippen molar-refractivity contribution in [3.63, 3.8) is 0 Å². The molecule has 1 saturated heterocycles. The number of nitrogens with zero attached hydrogens (tertiary/aromatic N) is 2. The van der Waals surface area contributed by atoms with Gasteiger partial charge < -0.3 is 14.6 Å². The van der Waals surface area contributed by atoms with Crippen LogP contribution in [0.15, 0.2) is 40.1 Å². The Morgan fingerprint density at radius 2 is 2.04 bits per heavy atom. The fraction of sp³-hybridized carbons (Fsp3) is 0.353. The van der Waals surface area contributed by atoms with E-state index in [1.807, 2.05) is 0 Å². The molecule has 0 unspecified atom stereocenters. The molecule has 2 amide bonds. The van der Waals surface area contributed by atoms with E-state index in [2.05, 4.69) is 11.9 Å². The Labute approximate surface area is 138 Å². The first-order valence-corrected chi connectivity index (χ1v) is 7.90. The average molecular weight is 329 g/mol. The van der Waals surface area contributed by atoms with Crippen LogP contribution in [0.2, 0.25) is 0 Å². The fourth-order valence-electron chi connectivity index (χ4n) is 2.83. The molecule has 1 aromatic carbocycles. The van der Waals surface area contributed by atoms with E-state index in [9.17, 15) is 14.4 Å². The normalized spacial score (nSPS) is 14.1. The summed E-state index contributed by atoms with van der Waals surface area (Å²) in [4.78, 5) is 38.1. The number of rotatable bonds is 5. The van der Waals surface area contributed by atoms with E-state index >= 15 is 0 Å². The Balaban J connectivity index is 1.91. The monoisotopic (exact) mass is 329 g/mol. The van der Waals surface area contributed by atoms with Gasteiger partial charge in [0, 0.05) is 25.2 Å². The largest absolute Gasteiger partial charge is 0.420 e. The minimum atomic E-state index is -0.621. The highest BCUT2D eigenvalue weighted by atomic mass is 16.4. The lowest BCUT2D eigenvalue weighted by molar-refractivity contribution is -0.121. The average Bonchev–Trinajstić information content (AvgIpc) is 3.21. The van der Waals surface area contributed by atoms with Gasteiger partial charge >= 0.3 is 5.76 Å². The van der Waals surface area contributed by atoms with Crippen LogP contribution in [0.25, 0.3) is 11.1 Å². The molecule has 1 aliphatic heterocycles. The van der Waals surface area contributed by atoms with Crippen LogP contribution >= 0.6 is 0 Å². The van der Waals surface area contributed by atoms with Crippen LogP contribution in [0, 0.1) is 0 Å².